The largest absolute Gasteiger partial charge is 0.513 e. The van der Waals surface area contributed by atoms with Crippen LogP contribution in [0.3, 0.4) is 0 Å². The highest BCUT2D eigenvalue weighted by molar-refractivity contribution is 5.75. The van der Waals surface area contributed by atoms with E-state index in [0.29, 0.717) is 12.0 Å². The first kappa shape index (κ1) is 35.5. The number of ether oxygens (including phenoxy) is 6. The van der Waals surface area contributed by atoms with Crippen molar-refractivity contribution in [2.45, 2.75) is 85.8 Å². The number of rotatable bonds is 16. The molecule has 0 radical (unpaired) electrons. The number of nitrogens with two attached hydrogens (primary N) is 1. The second-order valence-electron chi connectivity index (χ2n) is 10.3. The van der Waals surface area contributed by atoms with Crippen molar-refractivity contribution >= 4 is 24.4 Å². The molecule has 0 saturated carbocycles. The van der Waals surface area contributed by atoms with Crippen molar-refractivity contribution in [2.24, 2.45) is 23.5 Å². The van der Waals surface area contributed by atoms with Crippen LogP contribution >= 0.6 is 0 Å². The second-order valence-corrected chi connectivity index (χ2v) is 10.3. The fourth-order valence-corrected chi connectivity index (χ4v) is 3.42. The van der Waals surface area contributed by atoms with E-state index in [9.17, 15) is 24.3 Å². The van der Waals surface area contributed by atoms with Gasteiger partial charge in [-0.3, -0.25) is 4.79 Å². The molecule has 0 bridgehead atoms. The molecule has 12 nitrogen and oxygen atoms in total. The molecule has 0 amide bonds. The van der Waals surface area contributed by atoms with Crippen molar-refractivity contribution in [3.63, 3.8) is 0 Å². The maximum atomic E-state index is 12.5. The van der Waals surface area contributed by atoms with E-state index >= 15 is 0 Å². The summed E-state index contributed by atoms with van der Waals surface area (Å²) in [5.41, 5.74) is 6.37. The summed E-state index contributed by atoms with van der Waals surface area (Å²) in [5, 5.41) is 9.70. The Kier molecular flexibility index (Phi) is 15.6. The molecular formula is C29H45NO11. The molecule has 0 aliphatic heterocycles. The Balaban J connectivity index is 3.30. The summed E-state index contributed by atoms with van der Waals surface area (Å²) in [6.07, 6.45) is -1.11. The topological polar surface area (TPSA) is 170 Å². The molecule has 1 rings (SSSR count). The molecule has 0 spiro atoms. The average Bonchev–Trinajstić information content (AvgIpc) is 2.94. The van der Waals surface area contributed by atoms with Gasteiger partial charge in [0, 0.05) is 5.92 Å². The van der Waals surface area contributed by atoms with E-state index in [2.05, 4.69) is 0 Å². The molecule has 232 valence electrons. The highest BCUT2D eigenvalue weighted by Gasteiger charge is 2.33. The Morgan fingerprint density at radius 3 is 1.76 bits per heavy atom. The molecule has 0 aliphatic rings. The summed E-state index contributed by atoms with van der Waals surface area (Å²) < 4.78 is 31.3. The molecule has 41 heavy (non-hydrogen) atoms. The molecule has 3 N–H and O–H groups in total. The maximum absolute atomic E-state index is 12.5. The van der Waals surface area contributed by atoms with Crippen molar-refractivity contribution in [3.8, 4) is 11.5 Å². The fraction of sp³-hybridized carbons (Fsp3) is 0.655. The third-order valence-corrected chi connectivity index (χ3v) is 6.73. The lowest BCUT2D eigenvalue weighted by Gasteiger charge is -2.28. The Hall–Kier alpha value is -3.54. The number of benzene rings is 1. The molecule has 12 heteroatoms. The van der Waals surface area contributed by atoms with E-state index < -0.39 is 42.3 Å². The predicted molar refractivity (Wildman–Crippen MR) is 149 cm³/mol. The third kappa shape index (κ3) is 12.7. The first-order valence-electron chi connectivity index (χ1n) is 14.0. The minimum absolute atomic E-state index is 0.0888. The van der Waals surface area contributed by atoms with Crippen LogP contribution in [0, 0.1) is 17.8 Å². The van der Waals surface area contributed by atoms with Crippen LogP contribution in [0.25, 0.3) is 0 Å². The quantitative estimate of drug-likeness (QED) is 0.134. The van der Waals surface area contributed by atoms with Crippen LogP contribution in [-0.2, 0) is 23.7 Å². The van der Waals surface area contributed by atoms with Gasteiger partial charge in [0.25, 0.3) is 0 Å². The molecule has 0 heterocycles. The number of hydrogen-bond acceptors (Lipinski definition) is 11. The van der Waals surface area contributed by atoms with Gasteiger partial charge in [-0.25, -0.2) is 14.4 Å². The number of carboxylic acid groups (broad SMARTS) is 1. The van der Waals surface area contributed by atoms with Gasteiger partial charge in [-0.05, 0) is 48.8 Å². The van der Waals surface area contributed by atoms with Crippen molar-refractivity contribution in [1.29, 1.82) is 0 Å². The zero-order chi connectivity index (χ0) is 31.1. The second kappa shape index (κ2) is 18.0. The van der Waals surface area contributed by atoms with Gasteiger partial charge in [-0.1, -0.05) is 60.5 Å². The smallest absolute Gasteiger partial charge is 0.480 e. The summed E-state index contributed by atoms with van der Waals surface area (Å²) in [6, 6.07) is 2.74. The highest BCUT2D eigenvalue weighted by Crippen LogP contribution is 2.36. The van der Waals surface area contributed by atoms with Crippen molar-refractivity contribution < 1.29 is 52.7 Å². The molecule has 0 aliphatic carbocycles. The standard InChI is InChI=1S/C29H45NO11/c1-8-17(4)14-36-28(34)40-22-12-11-21(13-23(22)41-29(35)37-15-18(5)9-2)24(25(30)26(31)32)19(6)16-38-27(33)39-20(7)10-3/h11-13,17-20,24-25H,8-10,14-16,30H2,1-7H3,(H,31,32)/t17?,18?,19?,20?,24?,25-/m0/s1. The molecule has 5 unspecified atom stereocenters. The van der Waals surface area contributed by atoms with Crippen LogP contribution in [-0.4, -0.2) is 61.5 Å². The van der Waals surface area contributed by atoms with E-state index in [1.807, 2.05) is 34.6 Å². The monoisotopic (exact) mass is 583 g/mol. The molecule has 0 aromatic heterocycles. The van der Waals surface area contributed by atoms with Crippen LogP contribution in [0.1, 0.15) is 79.2 Å². The van der Waals surface area contributed by atoms with Gasteiger partial charge in [-0.2, -0.15) is 0 Å². The highest BCUT2D eigenvalue weighted by atomic mass is 16.7. The first-order valence-corrected chi connectivity index (χ1v) is 14.0. The Labute approximate surface area is 241 Å². The van der Waals surface area contributed by atoms with E-state index in [0.717, 1.165) is 12.8 Å². The SMILES string of the molecule is CCC(C)COC(=O)Oc1ccc(C(C(C)COC(=O)OC(C)CC)[C@H](N)C(=O)O)cc1OC(=O)OCC(C)CC. The third-order valence-electron chi connectivity index (χ3n) is 6.73. The minimum Gasteiger partial charge on any atom is -0.480 e. The zero-order valence-corrected chi connectivity index (χ0v) is 25.0. The summed E-state index contributed by atoms with van der Waals surface area (Å²) in [5.74, 6) is -2.96. The lowest BCUT2D eigenvalue weighted by molar-refractivity contribution is -0.139. The van der Waals surface area contributed by atoms with Crippen LogP contribution < -0.4 is 15.2 Å². The first-order chi connectivity index (χ1) is 19.3. The Morgan fingerprint density at radius 1 is 0.756 bits per heavy atom. The van der Waals surface area contributed by atoms with Gasteiger partial charge >= 0.3 is 24.4 Å². The fourth-order valence-electron chi connectivity index (χ4n) is 3.42. The average molecular weight is 584 g/mol. The van der Waals surface area contributed by atoms with Crippen LogP contribution in [0.4, 0.5) is 14.4 Å². The number of carbonyl (C=O) groups excluding carboxylic acids is 3. The number of hydrogen-bond donors (Lipinski definition) is 2. The minimum atomic E-state index is -1.42. The zero-order valence-electron chi connectivity index (χ0n) is 25.0. The van der Waals surface area contributed by atoms with Gasteiger partial charge in [0.05, 0.1) is 19.8 Å². The normalized spacial score (nSPS) is 15.3. The van der Waals surface area contributed by atoms with Crippen molar-refractivity contribution in [3.05, 3.63) is 23.8 Å². The molecule has 0 fully saturated rings. The van der Waals surface area contributed by atoms with E-state index in [1.54, 1.807) is 13.8 Å². The van der Waals surface area contributed by atoms with Crippen LogP contribution in [0.2, 0.25) is 0 Å². The predicted octanol–water partition coefficient (Wildman–Crippen LogP) is 5.89. The van der Waals surface area contributed by atoms with Gasteiger partial charge in [0.15, 0.2) is 11.5 Å². The molecule has 1 aromatic carbocycles. The van der Waals surface area contributed by atoms with Crippen LogP contribution in [0.5, 0.6) is 11.5 Å². The lowest BCUT2D eigenvalue weighted by Crippen LogP contribution is -2.40. The summed E-state index contributed by atoms with van der Waals surface area (Å²) in [4.78, 5) is 48.7. The molecule has 6 atom stereocenters. The molecule has 0 saturated heterocycles. The van der Waals surface area contributed by atoms with E-state index in [1.165, 1.54) is 18.2 Å². The van der Waals surface area contributed by atoms with Crippen molar-refractivity contribution in [1.82, 2.24) is 0 Å². The summed E-state index contributed by atoms with van der Waals surface area (Å²) in [6.45, 7) is 13.0. The lowest BCUT2D eigenvalue weighted by atomic mass is 9.82. The van der Waals surface area contributed by atoms with Crippen molar-refractivity contribution in [2.75, 3.05) is 19.8 Å². The van der Waals surface area contributed by atoms with Gasteiger partial charge < -0.3 is 39.3 Å². The maximum Gasteiger partial charge on any atom is 0.513 e. The van der Waals surface area contributed by atoms with E-state index in [4.69, 9.17) is 34.2 Å². The Morgan fingerprint density at radius 2 is 1.27 bits per heavy atom. The van der Waals surface area contributed by atoms with Gasteiger partial charge in [-0.15, -0.1) is 0 Å². The van der Waals surface area contributed by atoms with E-state index in [-0.39, 0.29) is 49.3 Å². The van der Waals surface area contributed by atoms with Gasteiger partial charge in [0.2, 0.25) is 0 Å². The van der Waals surface area contributed by atoms with Gasteiger partial charge in [0.1, 0.15) is 12.1 Å². The molecular weight excluding hydrogens is 538 g/mol. The molecule has 1 aromatic rings. The van der Waals surface area contributed by atoms with Crippen LogP contribution in [0.15, 0.2) is 18.2 Å². The summed E-state index contributed by atoms with van der Waals surface area (Å²) in [7, 11) is 0. The number of carboxylic acids is 1. The Bertz CT molecular complexity index is 999. The summed E-state index contributed by atoms with van der Waals surface area (Å²) >= 11 is 0. The number of carbonyl (C=O) groups is 4. The number of aliphatic carboxylic acids is 1.